The number of phenols is 1. The van der Waals surface area contributed by atoms with Crippen molar-refractivity contribution in [3.05, 3.63) is 53.6 Å². The molecule has 1 atom stereocenters. The van der Waals surface area contributed by atoms with Gasteiger partial charge in [0, 0.05) is 11.3 Å². The van der Waals surface area contributed by atoms with Crippen LogP contribution in [0.2, 0.25) is 0 Å². The van der Waals surface area contributed by atoms with E-state index in [1.807, 2.05) is 0 Å². The molecule has 0 amide bonds. The van der Waals surface area contributed by atoms with Crippen molar-refractivity contribution in [3.8, 4) is 5.75 Å². The van der Waals surface area contributed by atoms with Gasteiger partial charge in [-0.2, -0.15) is 13.2 Å². The minimum atomic E-state index is -5.40. The SMILES string of the molecule is Cc1ccc(S(=O)(=O)Nc2ccc(O)c(C(C(=O)OC(C)C)C(=O)C(F)(F)F)c2)cc1. The van der Waals surface area contributed by atoms with Crippen LogP contribution in [0.1, 0.15) is 30.9 Å². The Morgan fingerprint density at radius 1 is 1.06 bits per heavy atom. The number of aromatic hydroxyl groups is 1. The maximum Gasteiger partial charge on any atom is 0.451 e. The molecule has 0 saturated carbocycles. The number of phenolic OH excluding ortho intramolecular Hbond substituents is 1. The van der Waals surface area contributed by atoms with E-state index in [0.29, 0.717) is 0 Å². The van der Waals surface area contributed by atoms with Gasteiger partial charge in [0.2, 0.25) is 0 Å². The van der Waals surface area contributed by atoms with E-state index >= 15 is 0 Å². The van der Waals surface area contributed by atoms with Crippen LogP contribution in [0.4, 0.5) is 18.9 Å². The summed E-state index contributed by atoms with van der Waals surface area (Å²) in [6.45, 7) is 4.50. The molecule has 7 nitrogen and oxygen atoms in total. The first kappa shape index (κ1) is 24.2. The number of carbonyl (C=O) groups is 2. The molecule has 0 spiro atoms. The van der Waals surface area contributed by atoms with Crippen LogP contribution in [0.3, 0.4) is 0 Å². The van der Waals surface area contributed by atoms with Gasteiger partial charge in [0.05, 0.1) is 11.0 Å². The van der Waals surface area contributed by atoms with Crippen molar-refractivity contribution in [2.45, 2.75) is 43.9 Å². The molecule has 0 aliphatic rings. The summed E-state index contributed by atoms with van der Waals surface area (Å²) in [6.07, 6.45) is -6.23. The number of hydrogen-bond donors (Lipinski definition) is 2. The van der Waals surface area contributed by atoms with Gasteiger partial charge in [-0.15, -0.1) is 0 Å². The Labute approximate surface area is 176 Å². The Kier molecular flexibility index (Phi) is 6.99. The van der Waals surface area contributed by atoms with Crippen LogP contribution in [-0.4, -0.2) is 37.6 Å². The Morgan fingerprint density at radius 2 is 1.65 bits per heavy atom. The molecule has 0 bridgehead atoms. The average molecular weight is 459 g/mol. The summed E-state index contributed by atoms with van der Waals surface area (Å²) in [5.41, 5.74) is -0.189. The fraction of sp³-hybridized carbons (Fsp3) is 0.300. The van der Waals surface area contributed by atoms with Gasteiger partial charge >= 0.3 is 12.1 Å². The largest absolute Gasteiger partial charge is 0.508 e. The summed E-state index contributed by atoms with van der Waals surface area (Å²) >= 11 is 0. The number of rotatable bonds is 7. The van der Waals surface area contributed by atoms with E-state index in [2.05, 4.69) is 4.72 Å². The van der Waals surface area contributed by atoms with E-state index in [0.717, 1.165) is 23.8 Å². The number of hydrogen-bond acceptors (Lipinski definition) is 6. The van der Waals surface area contributed by atoms with Crippen molar-refractivity contribution in [1.82, 2.24) is 0 Å². The van der Waals surface area contributed by atoms with Crippen LogP contribution in [-0.2, 0) is 24.3 Å². The van der Waals surface area contributed by atoms with Gasteiger partial charge in [-0.05, 0) is 51.1 Å². The highest BCUT2D eigenvalue weighted by molar-refractivity contribution is 7.92. The molecule has 2 aromatic carbocycles. The molecule has 168 valence electrons. The van der Waals surface area contributed by atoms with Crippen molar-refractivity contribution in [2.75, 3.05) is 4.72 Å². The quantitative estimate of drug-likeness (QED) is 0.372. The third-order valence-electron chi connectivity index (χ3n) is 4.05. The number of nitrogens with one attached hydrogen (secondary N) is 1. The number of ether oxygens (including phenoxy) is 1. The number of halogens is 3. The average Bonchev–Trinajstić information content (AvgIpc) is 2.63. The number of alkyl halides is 3. The zero-order valence-corrected chi connectivity index (χ0v) is 17.5. The summed E-state index contributed by atoms with van der Waals surface area (Å²) in [5, 5.41) is 10.0. The number of Topliss-reactive ketones (excluding diaryl/α,β-unsaturated/α-hetero) is 1. The van der Waals surface area contributed by atoms with Gasteiger partial charge in [0.15, 0.2) is 5.92 Å². The van der Waals surface area contributed by atoms with Gasteiger partial charge in [0.1, 0.15) is 5.75 Å². The number of esters is 1. The third-order valence-corrected chi connectivity index (χ3v) is 5.45. The monoisotopic (exact) mass is 459 g/mol. The van der Waals surface area contributed by atoms with E-state index in [-0.39, 0.29) is 10.6 Å². The Morgan fingerprint density at radius 3 is 2.16 bits per heavy atom. The van der Waals surface area contributed by atoms with Crippen molar-refractivity contribution in [2.24, 2.45) is 0 Å². The van der Waals surface area contributed by atoms with Crippen LogP contribution < -0.4 is 4.72 Å². The number of benzene rings is 2. The molecule has 31 heavy (non-hydrogen) atoms. The highest BCUT2D eigenvalue weighted by Gasteiger charge is 2.48. The zero-order valence-electron chi connectivity index (χ0n) is 16.7. The lowest BCUT2D eigenvalue weighted by Gasteiger charge is -2.20. The molecule has 0 heterocycles. The number of anilines is 1. The Hall–Kier alpha value is -3.08. The van der Waals surface area contributed by atoms with E-state index in [1.54, 1.807) is 19.1 Å². The summed E-state index contributed by atoms with van der Waals surface area (Å²) in [5.74, 6) is -7.30. The van der Waals surface area contributed by atoms with Crippen LogP contribution in [0, 0.1) is 6.92 Å². The lowest BCUT2D eigenvalue weighted by atomic mass is 9.93. The number of carbonyl (C=O) groups excluding carboxylic acids is 2. The lowest BCUT2D eigenvalue weighted by Crippen LogP contribution is -2.35. The normalized spacial score (nSPS) is 13.0. The molecule has 11 heteroatoms. The predicted octanol–water partition coefficient (Wildman–Crippen LogP) is 3.67. The molecule has 1 unspecified atom stereocenters. The highest BCUT2D eigenvalue weighted by Crippen LogP contribution is 2.35. The van der Waals surface area contributed by atoms with Gasteiger partial charge in [-0.3, -0.25) is 14.3 Å². The van der Waals surface area contributed by atoms with Gasteiger partial charge in [-0.1, -0.05) is 17.7 Å². The molecule has 0 aliphatic carbocycles. The molecular formula is C20H20F3NO6S. The second-order valence-corrected chi connectivity index (χ2v) is 8.66. The molecular weight excluding hydrogens is 439 g/mol. The molecule has 0 saturated heterocycles. The fourth-order valence-electron chi connectivity index (χ4n) is 2.62. The van der Waals surface area contributed by atoms with E-state index in [1.165, 1.54) is 26.0 Å². The van der Waals surface area contributed by atoms with E-state index < -0.39 is 51.3 Å². The number of sulfonamides is 1. The van der Waals surface area contributed by atoms with Crippen LogP contribution in [0.25, 0.3) is 0 Å². The van der Waals surface area contributed by atoms with Gasteiger partial charge < -0.3 is 9.84 Å². The van der Waals surface area contributed by atoms with Crippen molar-refractivity contribution in [1.29, 1.82) is 0 Å². The Bertz CT molecular complexity index is 1080. The van der Waals surface area contributed by atoms with Gasteiger partial charge in [-0.25, -0.2) is 8.42 Å². The summed E-state index contributed by atoms with van der Waals surface area (Å²) in [7, 11) is -4.13. The van der Waals surface area contributed by atoms with E-state index in [9.17, 15) is 36.3 Å². The first-order chi connectivity index (χ1) is 14.2. The van der Waals surface area contributed by atoms with Crippen LogP contribution >= 0.6 is 0 Å². The standard InChI is InChI=1S/C20H20F3NO6S/c1-11(2)30-19(27)17(18(26)20(21,22)23)15-10-13(6-9-16(15)25)24-31(28,29)14-7-4-12(3)5-8-14/h4-11,17,24-25H,1-3H3. The van der Waals surface area contributed by atoms with E-state index in [4.69, 9.17) is 4.74 Å². The van der Waals surface area contributed by atoms with Crippen molar-refractivity contribution in [3.63, 3.8) is 0 Å². The summed E-state index contributed by atoms with van der Waals surface area (Å²) in [4.78, 5) is 24.1. The number of aryl methyl sites for hydroxylation is 1. The summed E-state index contributed by atoms with van der Waals surface area (Å²) in [6, 6.07) is 8.50. The number of ketones is 1. The summed E-state index contributed by atoms with van der Waals surface area (Å²) < 4.78 is 71.2. The smallest absolute Gasteiger partial charge is 0.451 e. The Balaban J connectivity index is 2.49. The van der Waals surface area contributed by atoms with Crippen molar-refractivity contribution < 1.29 is 41.0 Å². The molecule has 2 aromatic rings. The zero-order chi connectivity index (χ0) is 23.6. The minimum Gasteiger partial charge on any atom is -0.508 e. The molecule has 0 fully saturated rings. The first-order valence-corrected chi connectivity index (χ1v) is 10.4. The molecule has 0 radical (unpaired) electrons. The minimum absolute atomic E-state index is 0.116. The maximum atomic E-state index is 13.1. The molecule has 0 aromatic heterocycles. The first-order valence-electron chi connectivity index (χ1n) is 8.96. The molecule has 2 N–H and O–H groups in total. The topological polar surface area (TPSA) is 110 Å². The molecule has 2 rings (SSSR count). The maximum absolute atomic E-state index is 13.1. The highest BCUT2D eigenvalue weighted by atomic mass is 32.2. The lowest BCUT2D eigenvalue weighted by molar-refractivity contribution is -0.178. The third kappa shape index (κ3) is 5.97. The second-order valence-electron chi connectivity index (χ2n) is 6.97. The fourth-order valence-corrected chi connectivity index (χ4v) is 3.67. The van der Waals surface area contributed by atoms with Crippen LogP contribution in [0.5, 0.6) is 5.75 Å². The van der Waals surface area contributed by atoms with Crippen LogP contribution in [0.15, 0.2) is 47.4 Å². The van der Waals surface area contributed by atoms with Gasteiger partial charge in [0.25, 0.3) is 15.8 Å². The predicted molar refractivity (Wildman–Crippen MR) is 105 cm³/mol. The second kappa shape index (κ2) is 8.96. The molecule has 0 aliphatic heterocycles. The van der Waals surface area contributed by atoms with Crippen molar-refractivity contribution >= 4 is 27.5 Å².